The van der Waals surface area contributed by atoms with Crippen LogP contribution < -0.4 is 0 Å². The SMILES string of the molecule is O=C(O)C1=Nc2ccc3cccnc3c2S1=O. The Hall–Kier alpha value is -2.08. The van der Waals surface area contributed by atoms with Crippen molar-refractivity contribution in [2.45, 2.75) is 4.90 Å². The number of pyridine rings is 1. The smallest absolute Gasteiger partial charge is 0.364 e. The van der Waals surface area contributed by atoms with Crippen molar-refractivity contribution in [1.29, 1.82) is 0 Å². The van der Waals surface area contributed by atoms with Crippen molar-refractivity contribution >= 4 is 38.4 Å². The van der Waals surface area contributed by atoms with Crippen LogP contribution in [0.2, 0.25) is 0 Å². The van der Waals surface area contributed by atoms with E-state index in [4.69, 9.17) is 5.11 Å². The van der Waals surface area contributed by atoms with Crippen molar-refractivity contribution in [3.8, 4) is 0 Å². The minimum Gasteiger partial charge on any atom is -0.476 e. The van der Waals surface area contributed by atoms with Gasteiger partial charge >= 0.3 is 5.97 Å². The number of hydrogen-bond donors (Lipinski definition) is 1. The van der Waals surface area contributed by atoms with Crippen molar-refractivity contribution in [2.24, 2.45) is 4.99 Å². The van der Waals surface area contributed by atoms with Gasteiger partial charge in [0.1, 0.15) is 10.8 Å². The lowest BCUT2D eigenvalue weighted by atomic mass is 10.2. The summed E-state index contributed by atoms with van der Waals surface area (Å²) in [6, 6.07) is 7.05. The molecule has 1 unspecified atom stereocenters. The highest BCUT2D eigenvalue weighted by Gasteiger charge is 2.30. The topological polar surface area (TPSA) is 79.6 Å². The predicted octanol–water partition coefficient (Wildman–Crippen LogP) is 1.47. The van der Waals surface area contributed by atoms with Crippen LogP contribution in [0.1, 0.15) is 0 Å². The van der Waals surface area contributed by atoms with Crippen LogP contribution in [0.15, 0.2) is 40.4 Å². The zero-order valence-corrected chi connectivity index (χ0v) is 9.27. The first-order valence-corrected chi connectivity index (χ1v) is 5.95. The molecule has 0 aliphatic carbocycles. The van der Waals surface area contributed by atoms with E-state index in [2.05, 4.69) is 9.98 Å². The third kappa shape index (κ3) is 1.38. The van der Waals surface area contributed by atoms with Crippen LogP contribution in [0.5, 0.6) is 0 Å². The number of aromatic nitrogens is 1. The van der Waals surface area contributed by atoms with Crippen molar-refractivity contribution in [3.05, 3.63) is 30.5 Å². The maximum Gasteiger partial charge on any atom is 0.364 e. The molecule has 6 heteroatoms. The first-order valence-electron chi connectivity index (χ1n) is 4.80. The van der Waals surface area contributed by atoms with Crippen LogP contribution in [0, 0.1) is 0 Å². The summed E-state index contributed by atoms with van der Waals surface area (Å²) in [6.07, 6.45) is 1.58. The summed E-state index contributed by atoms with van der Waals surface area (Å²) >= 11 is 0. The van der Waals surface area contributed by atoms with Gasteiger partial charge in [-0.3, -0.25) is 4.98 Å². The number of aliphatic carboxylic acids is 1. The third-order valence-electron chi connectivity index (χ3n) is 2.47. The number of hydrogen-bond acceptors (Lipinski definition) is 4. The van der Waals surface area contributed by atoms with Crippen LogP contribution in [-0.2, 0) is 15.6 Å². The van der Waals surface area contributed by atoms with Gasteiger partial charge in [-0.1, -0.05) is 12.1 Å². The van der Waals surface area contributed by atoms with Crippen molar-refractivity contribution in [1.82, 2.24) is 4.98 Å². The molecule has 0 saturated heterocycles. The van der Waals surface area contributed by atoms with Gasteiger partial charge in [-0.05, 0) is 12.1 Å². The van der Waals surface area contributed by atoms with Gasteiger partial charge in [0, 0.05) is 11.6 Å². The Balaban J connectivity index is 2.33. The first-order chi connectivity index (χ1) is 8.18. The van der Waals surface area contributed by atoms with Gasteiger partial charge in [0.05, 0.1) is 16.1 Å². The van der Waals surface area contributed by atoms with Crippen LogP contribution >= 0.6 is 0 Å². The summed E-state index contributed by atoms with van der Waals surface area (Å²) in [5, 5.41) is 9.37. The average Bonchev–Trinajstić information content (AvgIpc) is 2.67. The molecule has 3 rings (SSSR count). The largest absolute Gasteiger partial charge is 0.476 e. The molecule has 17 heavy (non-hydrogen) atoms. The number of benzene rings is 1. The van der Waals surface area contributed by atoms with E-state index in [1.165, 1.54) is 0 Å². The predicted molar refractivity (Wildman–Crippen MR) is 62.9 cm³/mol. The number of carbonyl (C=O) groups is 1. The van der Waals surface area contributed by atoms with Gasteiger partial charge in [0.2, 0.25) is 5.04 Å². The van der Waals surface area contributed by atoms with E-state index in [0.717, 1.165) is 5.39 Å². The number of rotatable bonds is 1. The Bertz CT molecular complexity index is 709. The normalized spacial score (nSPS) is 17.9. The fourth-order valence-corrected chi connectivity index (χ4v) is 2.94. The molecule has 0 spiro atoms. The molecule has 0 fully saturated rings. The summed E-state index contributed by atoms with van der Waals surface area (Å²) in [5.74, 6) is -1.26. The lowest BCUT2D eigenvalue weighted by Gasteiger charge is -2.01. The Morgan fingerprint density at radius 2 is 2.12 bits per heavy atom. The summed E-state index contributed by atoms with van der Waals surface area (Å²) in [6.45, 7) is 0. The molecule has 84 valence electrons. The molecular weight excluding hydrogens is 240 g/mol. The van der Waals surface area contributed by atoms with Crippen LogP contribution in [0.25, 0.3) is 10.9 Å². The van der Waals surface area contributed by atoms with E-state index in [0.29, 0.717) is 16.1 Å². The van der Waals surface area contributed by atoms with Crippen molar-refractivity contribution in [2.75, 3.05) is 0 Å². The molecule has 0 bridgehead atoms. The number of carboxylic acid groups (broad SMARTS) is 1. The van der Waals surface area contributed by atoms with Crippen LogP contribution in [0.4, 0.5) is 5.69 Å². The second-order valence-corrected chi connectivity index (χ2v) is 4.81. The Morgan fingerprint density at radius 3 is 2.88 bits per heavy atom. The second-order valence-electron chi connectivity index (χ2n) is 3.48. The molecule has 0 amide bonds. The van der Waals surface area contributed by atoms with Crippen molar-refractivity contribution < 1.29 is 14.1 Å². The highest BCUT2D eigenvalue weighted by Crippen LogP contribution is 2.35. The van der Waals surface area contributed by atoms with Gasteiger partial charge in [0.25, 0.3) is 0 Å². The zero-order chi connectivity index (χ0) is 12.0. The molecule has 1 aromatic carbocycles. The Labute approximate surface area is 98.3 Å². The number of aliphatic imine (C=N–C) groups is 1. The molecule has 2 aromatic rings. The fourth-order valence-electron chi connectivity index (χ4n) is 1.75. The molecule has 5 nitrogen and oxygen atoms in total. The van der Waals surface area contributed by atoms with Crippen LogP contribution in [0.3, 0.4) is 0 Å². The minimum absolute atomic E-state index is 0.335. The standard InChI is InChI=1S/C11H6N2O3S/c14-11(15)10-13-7-4-3-6-2-1-5-12-8(6)9(7)17(10)16/h1-5H,(H,14,15). The average molecular weight is 246 g/mol. The summed E-state index contributed by atoms with van der Waals surface area (Å²) in [4.78, 5) is 19.3. The van der Waals surface area contributed by atoms with E-state index >= 15 is 0 Å². The van der Waals surface area contributed by atoms with Gasteiger partial charge < -0.3 is 5.11 Å². The minimum atomic E-state index is -1.75. The lowest BCUT2D eigenvalue weighted by molar-refractivity contribution is -0.129. The van der Waals surface area contributed by atoms with E-state index < -0.39 is 16.8 Å². The van der Waals surface area contributed by atoms with E-state index in [9.17, 15) is 9.00 Å². The number of carboxylic acids is 1. The van der Waals surface area contributed by atoms with E-state index in [1.807, 2.05) is 6.07 Å². The second kappa shape index (κ2) is 3.46. The highest BCUT2D eigenvalue weighted by molar-refractivity contribution is 8.03. The highest BCUT2D eigenvalue weighted by atomic mass is 32.2. The molecule has 0 radical (unpaired) electrons. The maximum absolute atomic E-state index is 12.0. The molecule has 2 heterocycles. The van der Waals surface area contributed by atoms with E-state index in [-0.39, 0.29) is 5.04 Å². The zero-order valence-electron chi connectivity index (χ0n) is 8.45. The fraction of sp³-hybridized carbons (Fsp3) is 0. The number of fused-ring (bicyclic) bond motifs is 3. The Morgan fingerprint density at radius 1 is 1.29 bits per heavy atom. The summed E-state index contributed by atoms with van der Waals surface area (Å²) in [5.41, 5.74) is 0.968. The van der Waals surface area contributed by atoms with Gasteiger partial charge in [-0.2, -0.15) is 0 Å². The third-order valence-corrected chi connectivity index (χ3v) is 3.86. The molecule has 1 aliphatic rings. The van der Waals surface area contributed by atoms with Gasteiger partial charge in [0.15, 0.2) is 0 Å². The lowest BCUT2D eigenvalue weighted by Crippen LogP contribution is -2.15. The molecule has 1 atom stereocenters. The van der Waals surface area contributed by atoms with Crippen molar-refractivity contribution in [3.63, 3.8) is 0 Å². The van der Waals surface area contributed by atoms with Gasteiger partial charge in [-0.15, -0.1) is 0 Å². The monoisotopic (exact) mass is 246 g/mol. The summed E-state index contributed by atoms with van der Waals surface area (Å²) < 4.78 is 12.0. The molecule has 1 aliphatic heterocycles. The molecular formula is C11H6N2O3S. The van der Waals surface area contributed by atoms with Gasteiger partial charge in [-0.25, -0.2) is 14.0 Å². The summed E-state index contributed by atoms with van der Waals surface area (Å²) in [7, 11) is -1.75. The molecule has 1 aromatic heterocycles. The molecule has 0 saturated carbocycles. The first kappa shape index (κ1) is 10.1. The van der Waals surface area contributed by atoms with Crippen LogP contribution in [-0.4, -0.2) is 25.3 Å². The Kier molecular flexibility index (Phi) is 2.05. The quantitative estimate of drug-likeness (QED) is 0.826. The number of nitrogens with zero attached hydrogens (tertiary/aromatic N) is 2. The molecule has 1 N–H and O–H groups in total. The van der Waals surface area contributed by atoms with E-state index in [1.54, 1.807) is 24.4 Å². The maximum atomic E-state index is 12.0.